The van der Waals surface area contributed by atoms with Crippen molar-refractivity contribution in [1.82, 2.24) is 9.55 Å². The van der Waals surface area contributed by atoms with Gasteiger partial charge in [-0.05, 0) is 55.5 Å². The monoisotopic (exact) mass is 529 g/mol. The molecule has 1 aliphatic rings. The van der Waals surface area contributed by atoms with Crippen LogP contribution in [0.5, 0.6) is 0 Å². The number of azo groups is 1. The van der Waals surface area contributed by atoms with E-state index in [1.54, 1.807) is 12.1 Å². The molecule has 0 spiro atoms. The summed E-state index contributed by atoms with van der Waals surface area (Å²) < 4.78 is 34.1. The number of rotatable bonds is 7. The normalized spacial score (nSPS) is 22.0. The number of aliphatic hydroxyl groups excluding tert-OH is 2. The Bertz CT molecular complexity index is 1530. The second-order valence-corrected chi connectivity index (χ2v) is 11.0. The van der Waals surface area contributed by atoms with Crippen LogP contribution >= 0.6 is 0 Å². The summed E-state index contributed by atoms with van der Waals surface area (Å²) >= 11 is 0. The van der Waals surface area contributed by atoms with Crippen molar-refractivity contribution in [2.75, 3.05) is 25.6 Å². The zero-order chi connectivity index (χ0) is 27.0. The number of aryl methyl sites for hydroxylation is 1. The number of aromatic nitrogens is 2. The van der Waals surface area contributed by atoms with E-state index in [0.717, 1.165) is 16.5 Å². The van der Waals surface area contributed by atoms with E-state index < -0.39 is 51.4 Å². The molecule has 2 aromatic carbocycles. The molecule has 3 atom stereocenters. The Hall–Kier alpha value is -3.65. The summed E-state index contributed by atoms with van der Waals surface area (Å²) in [5, 5.41) is 25.9. The van der Waals surface area contributed by atoms with E-state index in [1.807, 2.05) is 31.1 Å². The largest absolute Gasteiger partial charge is 0.394 e. The van der Waals surface area contributed by atoms with E-state index in [2.05, 4.69) is 15.2 Å². The molecule has 0 aliphatic carbocycles. The fraction of sp³-hybridized carbons (Fsp3) is 0.333. The molecule has 0 radical (unpaired) electrons. The number of sulfone groups is 1. The molecule has 13 heteroatoms. The first kappa shape index (κ1) is 26.4. The van der Waals surface area contributed by atoms with Crippen LogP contribution in [-0.4, -0.2) is 61.1 Å². The van der Waals surface area contributed by atoms with Crippen molar-refractivity contribution in [3.05, 3.63) is 81.1 Å². The van der Waals surface area contributed by atoms with Crippen LogP contribution in [0.4, 0.5) is 17.1 Å². The van der Waals surface area contributed by atoms with Crippen molar-refractivity contribution >= 4 is 26.9 Å². The summed E-state index contributed by atoms with van der Waals surface area (Å²) in [6.07, 6.45) is -2.13. The lowest BCUT2D eigenvalue weighted by atomic mass is 10.2. The van der Waals surface area contributed by atoms with Crippen LogP contribution in [0.3, 0.4) is 0 Å². The lowest BCUT2D eigenvalue weighted by Crippen LogP contribution is -2.50. The third-order valence-corrected chi connectivity index (χ3v) is 8.31. The summed E-state index contributed by atoms with van der Waals surface area (Å²) in [5.74, 6) is 0. The van der Waals surface area contributed by atoms with Gasteiger partial charge in [0.15, 0.2) is 0 Å². The molecular weight excluding hydrogens is 502 g/mol. The summed E-state index contributed by atoms with van der Waals surface area (Å²) in [6, 6.07) is 12.8. The van der Waals surface area contributed by atoms with Gasteiger partial charge in [-0.25, -0.2) is 13.2 Å². The van der Waals surface area contributed by atoms with Crippen molar-refractivity contribution < 1.29 is 23.4 Å². The van der Waals surface area contributed by atoms with Crippen molar-refractivity contribution in [2.45, 2.75) is 35.5 Å². The highest BCUT2D eigenvalue weighted by Crippen LogP contribution is 2.42. The second-order valence-electron chi connectivity index (χ2n) is 8.87. The molecule has 0 amide bonds. The van der Waals surface area contributed by atoms with Gasteiger partial charge in [0, 0.05) is 38.0 Å². The lowest BCUT2D eigenvalue weighted by molar-refractivity contribution is -0.0697. The zero-order valence-corrected chi connectivity index (χ0v) is 21.2. The Morgan fingerprint density at radius 3 is 2.16 bits per heavy atom. The Kier molecular flexibility index (Phi) is 7.15. The van der Waals surface area contributed by atoms with E-state index in [4.69, 9.17) is 4.74 Å². The van der Waals surface area contributed by atoms with E-state index in [0.29, 0.717) is 11.4 Å². The van der Waals surface area contributed by atoms with E-state index in [1.165, 1.54) is 31.2 Å². The van der Waals surface area contributed by atoms with Crippen LogP contribution in [-0.2, 0) is 19.6 Å². The minimum absolute atomic E-state index is 0.0640. The summed E-state index contributed by atoms with van der Waals surface area (Å²) in [7, 11) is -0.662. The molecule has 4 rings (SSSR count). The highest BCUT2D eigenvalue weighted by molar-refractivity contribution is 7.92. The molecule has 0 unspecified atom stereocenters. The van der Waals surface area contributed by atoms with Crippen molar-refractivity contribution in [3.63, 3.8) is 0 Å². The first-order valence-corrected chi connectivity index (χ1v) is 12.8. The highest BCUT2D eigenvalue weighted by atomic mass is 32.2. The van der Waals surface area contributed by atoms with Gasteiger partial charge in [0.05, 0.1) is 29.0 Å². The van der Waals surface area contributed by atoms with E-state index in [9.17, 15) is 28.2 Å². The molecule has 3 N–H and O–H groups in total. The molecule has 0 bridgehead atoms. The zero-order valence-electron chi connectivity index (χ0n) is 20.4. The van der Waals surface area contributed by atoms with Crippen LogP contribution < -0.4 is 16.1 Å². The molecule has 196 valence electrons. The van der Waals surface area contributed by atoms with E-state index >= 15 is 0 Å². The highest BCUT2D eigenvalue weighted by Gasteiger charge is 2.57. The molecular formula is C24H27N5O7S. The maximum absolute atomic E-state index is 13.9. The minimum Gasteiger partial charge on any atom is -0.394 e. The number of benzene rings is 2. The first-order valence-electron chi connectivity index (χ1n) is 11.3. The number of nitrogens with one attached hydrogen (secondary N) is 1. The number of ether oxygens (including phenoxy) is 1. The number of aliphatic hydroxyl groups is 2. The third kappa shape index (κ3) is 4.85. The maximum atomic E-state index is 13.9. The van der Waals surface area contributed by atoms with Crippen LogP contribution in [0.2, 0.25) is 0 Å². The van der Waals surface area contributed by atoms with Gasteiger partial charge >= 0.3 is 5.69 Å². The molecule has 3 aromatic rings. The van der Waals surface area contributed by atoms with Crippen LogP contribution in [0, 0.1) is 6.92 Å². The fourth-order valence-electron chi connectivity index (χ4n) is 4.00. The van der Waals surface area contributed by atoms with Gasteiger partial charge in [-0.2, -0.15) is 10.2 Å². The van der Waals surface area contributed by atoms with Gasteiger partial charge in [0.25, 0.3) is 10.6 Å². The molecule has 12 nitrogen and oxygen atoms in total. The number of H-pyrrole nitrogens is 1. The maximum Gasteiger partial charge on any atom is 0.331 e. The predicted molar refractivity (Wildman–Crippen MR) is 135 cm³/mol. The van der Waals surface area contributed by atoms with Crippen LogP contribution in [0.1, 0.15) is 12.0 Å². The standard InChI is InChI=1S/C24H27N5O7S/c1-15-13-29(23(33)25-22(15)32)24(12-20(31)21(14-30)36-24)37(34,35)19-10-6-17(7-11-19)27-26-16-4-8-18(9-5-16)28(2)3/h4-11,13,20-21,30-31H,12,14H2,1-3H3,(H,25,32,33)/t20-,21+,24-/m0/s1. The Morgan fingerprint density at radius 2 is 1.65 bits per heavy atom. The quantitative estimate of drug-likeness (QED) is 0.388. The summed E-state index contributed by atoms with van der Waals surface area (Å²) in [5.41, 5.74) is 0.337. The van der Waals surface area contributed by atoms with Crippen LogP contribution in [0.15, 0.2) is 79.4 Å². The average molecular weight is 530 g/mol. The van der Waals surface area contributed by atoms with Gasteiger partial charge in [-0.3, -0.25) is 14.3 Å². The number of nitrogens with zero attached hydrogens (tertiary/aromatic N) is 4. The lowest BCUT2D eigenvalue weighted by Gasteiger charge is -2.30. The molecule has 1 fully saturated rings. The second kappa shape index (κ2) is 10.0. The van der Waals surface area contributed by atoms with Gasteiger partial charge in [0.1, 0.15) is 6.10 Å². The Labute approximate surface area is 212 Å². The van der Waals surface area contributed by atoms with Crippen molar-refractivity contribution in [3.8, 4) is 0 Å². The molecule has 2 heterocycles. The van der Waals surface area contributed by atoms with E-state index in [-0.39, 0.29) is 10.5 Å². The molecule has 1 aliphatic heterocycles. The fourth-order valence-corrected chi connectivity index (χ4v) is 5.90. The summed E-state index contributed by atoms with van der Waals surface area (Å²) in [6.45, 7) is 0.724. The molecule has 1 aromatic heterocycles. The Balaban J connectivity index is 1.71. The number of hydrogen-bond donors (Lipinski definition) is 3. The third-order valence-electron chi connectivity index (χ3n) is 6.11. The molecule has 1 saturated heterocycles. The van der Waals surface area contributed by atoms with Crippen LogP contribution in [0.25, 0.3) is 0 Å². The van der Waals surface area contributed by atoms with Crippen molar-refractivity contribution in [2.24, 2.45) is 10.2 Å². The Morgan fingerprint density at radius 1 is 1.08 bits per heavy atom. The first-order chi connectivity index (χ1) is 17.5. The van der Waals surface area contributed by atoms with Crippen molar-refractivity contribution in [1.29, 1.82) is 0 Å². The number of hydrogen-bond acceptors (Lipinski definition) is 10. The number of aromatic amines is 1. The predicted octanol–water partition coefficient (Wildman–Crippen LogP) is 1.55. The van der Waals surface area contributed by atoms with Gasteiger partial charge < -0.3 is 19.8 Å². The van der Waals surface area contributed by atoms with Gasteiger partial charge in [-0.15, -0.1) is 0 Å². The molecule has 0 saturated carbocycles. The minimum atomic E-state index is -4.51. The summed E-state index contributed by atoms with van der Waals surface area (Å²) in [4.78, 5) is 28.4. The SMILES string of the molecule is Cc1cn([C@@]2(S(=O)(=O)c3ccc(N=Nc4ccc(N(C)C)cc4)cc3)C[C@H](O)[C@@H](CO)O2)c(=O)[nH]c1=O. The topological polar surface area (TPSA) is 167 Å². The average Bonchev–Trinajstić information content (AvgIpc) is 3.23. The molecule has 37 heavy (non-hydrogen) atoms. The number of anilines is 1. The van der Waals surface area contributed by atoms with Gasteiger partial charge in [0.2, 0.25) is 9.84 Å². The smallest absolute Gasteiger partial charge is 0.331 e. The van der Waals surface area contributed by atoms with Gasteiger partial charge in [-0.1, -0.05) is 0 Å².